The molecule has 1 heterocycles. The predicted molar refractivity (Wildman–Crippen MR) is 58.4 cm³/mol. The van der Waals surface area contributed by atoms with Crippen molar-refractivity contribution in [2.75, 3.05) is 0 Å². The van der Waals surface area contributed by atoms with E-state index >= 15 is 0 Å². The first-order valence-electron chi connectivity index (χ1n) is 5.06. The second-order valence-electron chi connectivity index (χ2n) is 3.79. The van der Waals surface area contributed by atoms with Crippen LogP contribution in [-0.2, 0) is 13.0 Å². The number of aliphatic hydroxyl groups is 1. The maximum Gasteiger partial charge on any atom is 0.0743 e. The van der Waals surface area contributed by atoms with Crippen LogP contribution < -0.4 is 0 Å². The molecule has 2 aromatic rings. The lowest BCUT2D eigenvalue weighted by atomic mass is 10.1. The van der Waals surface area contributed by atoms with Gasteiger partial charge in [-0.05, 0) is 22.8 Å². The minimum absolute atomic E-state index is 0.0961. The molecule has 2 heteroatoms. The first-order valence-corrected chi connectivity index (χ1v) is 5.06. The minimum Gasteiger partial charge on any atom is -0.392 e. The Morgan fingerprint density at radius 2 is 2.07 bits per heavy atom. The highest BCUT2D eigenvalue weighted by atomic mass is 16.3. The van der Waals surface area contributed by atoms with E-state index in [9.17, 15) is 5.11 Å². The van der Waals surface area contributed by atoms with Crippen LogP contribution in [0.5, 0.6) is 0 Å². The molecule has 0 radical (unpaired) electrons. The van der Waals surface area contributed by atoms with Gasteiger partial charge in [0.1, 0.15) is 0 Å². The number of pyridine rings is 1. The first kappa shape index (κ1) is 8.62. The van der Waals surface area contributed by atoms with Gasteiger partial charge in [0.15, 0.2) is 0 Å². The number of nitrogens with zero attached hydrogens (tertiary/aromatic N) is 1. The number of aromatic nitrogens is 1. The Morgan fingerprint density at radius 1 is 1.20 bits per heavy atom. The normalized spacial score (nSPS) is 12.3. The van der Waals surface area contributed by atoms with Crippen LogP contribution >= 0.6 is 0 Å². The molecule has 1 N–H and O–H groups in total. The van der Waals surface area contributed by atoms with Crippen molar-refractivity contribution in [3.63, 3.8) is 0 Å². The van der Waals surface area contributed by atoms with Crippen molar-refractivity contribution in [2.45, 2.75) is 13.0 Å². The summed E-state index contributed by atoms with van der Waals surface area (Å²) in [5.41, 5.74) is 5.73. The van der Waals surface area contributed by atoms with Gasteiger partial charge >= 0.3 is 0 Å². The highest BCUT2D eigenvalue weighted by Gasteiger charge is 2.20. The van der Waals surface area contributed by atoms with E-state index in [0.717, 1.165) is 17.7 Å². The molecule has 1 aromatic carbocycles. The Kier molecular flexibility index (Phi) is 1.82. The van der Waals surface area contributed by atoms with E-state index < -0.39 is 0 Å². The SMILES string of the molecule is OCc1ccnc2c1Cc1ccccc1-2. The topological polar surface area (TPSA) is 33.1 Å². The number of rotatable bonds is 1. The van der Waals surface area contributed by atoms with Gasteiger partial charge in [0.2, 0.25) is 0 Å². The average molecular weight is 197 g/mol. The Morgan fingerprint density at radius 3 is 2.93 bits per heavy atom. The Balaban J connectivity index is 2.26. The maximum atomic E-state index is 9.25. The summed E-state index contributed by atoms with van der Waals surface area (Å²) >= 11 is 0. The molecule has 0 saturated heterocycles. The molecule has 1 aliphatic rings. The second-order valence-corrected chi connectivity index (χ2v) is 3.79. The number of benzene rings is 1. The van der Waals surface area contributed by atoms with Crippen LogP contribution in [0.3, 0.4) is 0 Å². The van der Waals surface area contributed by atoms with Crippen LogP contribution in [0.1, 0.15) is 16.7 Å². The van der Waals surface area contributed by atoms with Gasteiger partial charge in [-0.1, -0.05) is 24.3 Å². The van der Waals surface area contributed by atoms with Crippen molar-refractivity contribution in [2.24, 2.45) is 0 Å². The quantitative estimate of drug-likeness (QED) is 0.648. The van der Waals surface area contributed by atoms with Crippen molar-refractivity contribution in [1.82, 2.24) is 4.98 Å². The van der Waals surface area contributed by atoms with Gasteiger partial charge in [0.25, 0.3) is 0 Å². The molecule has 0 bridgehead atoms. The van der Waals surface area contributed by atoms with Gasteiger partial charge in [0, 0.05) is 18.2 Å². The molecule has 74 valence electrons. The fourth-order valence-corrected chi connectivity index (χ4v) is 2.21. The summed E-state index contributed by atoms with van der Waals surface area (Å²) in [5.74, 6) is 0. The van der Waals surface area contributed by atoms with Crippen molar-refractivity contribution in [3.8, 4) is 11.3 Å². The lowest BCUT2D eigenvalue weighted by molar-refractivity contribution is 0.281. The molecule has 0 atom stereocenters. The third-order valence-corrected chi connectivity index (χ3v) is 2.96. The summed E-state index contributed by atoms with van der Waals surface area (Å²) in [6.07, 6.45) is 2.67. The van der Waals surface area contributed by atoms with E-state index in [4.69, 9.17) is 0 Å². The summed E-state index contributed by atoms with van der Waals surface area (Å²) in [6.45, 7) is 0.0961. The summed E-state index contributed by atoms with van der Waals surface area (Å²) in [5, 5.41) is 9.25. The van der Waals surface area contributed by atoms with Crippen LogP contribution in [0.15, 0.2) is 36.5 Å². The Labute approximate surface area is 88.2 Å². The lowest BCUT2D eigenvalue weighted by Gasteiger charge is -2.03. The van der Waals surface area contributed by atoms with Crippen molar-refractivity contribution in [1.29, 1.82) is 0 Å². The van der Waals surface area contributed by atoms with Crippen LogP contribution in [0.25, 0.3) is 11.3 Å². The molecule has 1 aliphatic carbocycles. The maximum absolute atomic E-state index is 9.25. The molecule has 0 fully saturated rings. The van der Waals surface area contributed by atoms with Gasteiger partial charge in [0.05, 0.1) is 12.3 Å². The highest BCUT2D eigenvalue weighted by molar-refractivity contribution is 5.74. The zero-order valence-electron chi connectivity index (χ0n) is 8.27. The highest BCUT2D eigenvalue weighted by Crippen LogP contribution is 2.36. The van der Waals surface area contributed by atoms with Gasteiger partial charge in [-0.2, -0.15) is 0 Å². The van der Waals surface area contributed by atoms with Gasteiger partial charge in [-0.3, -0.25) is 4.98 Å². The summed E-state index contributed by atoms with van der Waals surface area (Å²) in [7, 11) is 0. The van der Waals surface area contributed by atoms with E-state index in [1.165, 1.54) is 16.7 Å². The van der Waals surface area contributed by atoms with Crippen molar-refractivity contribution < 1.29 is 5.11 Å². The molecular weight excluding hydrogens is 186 g/mol. The van der Waals surface area contributed by atoms with Gasteiger partial charge < -0.3 is 5.11 Å². The minimum atomic E-state index is 0.0961. The molecule has 1 aromatic heterocycles. The largest absolute Gasteiger partial charge is 0.392 e. The van der Waals surface area contributed by atoms with Crippen LogP contribution in [0.4, 0.5) is 0 Å². The Hall–Kier alpha value is -1.67. The molecular formula is C13H11NO. The number of aliphatic hydroxyl groups excluding tert-OH is 1. The summed E-state index contributed by atoms with van der Waals surface area (Å²) in [4.78, 5) is 4.40. The first-order chi connectivity index (χ1) is 7.40. The monoisotopic (exact) mass is 197 g/mol. The van der Waals surface area contributed by atoms with E-state index in [0.29, 0.717) is 0 Å². The van der Waals surface area contributed by atoms with Crippen LogP contribution in [0, 0.1) is 0 Å². The predicted octanol–water partition coefficient (Wildman–Crippen LogP) is 2.15. The third kappa shape index (κ3) is 1.18. The Bertz CT molecular complexity index is 520. The average Bonchev–Trinajstić information content (AvgIpc) is 2.67. The molecule has 0 amide bonds. The van der Waals surface area contributed by atoms with Crippen molar-refractivity contribution in [3.05, 3.63) is 53.2 Å². The molecule has 0 saturated carbocycles. The van der Waals surface area contributed by atoms with E-state index in [1.807, 2.05) is 18.2 Å². The number of fused-ring (bicyclic) bond motifs is 3. The molecule has 2 nitrogen and oxygen atoms in total. The third-order valence-electron chi connectivity index (χ3n) is 2.96. The fourth-order valence-electron chi connectivity index (χ4n) is 2.21. The summed E-state index contributed by atoms with van der Waals surface area (Å²) < 4.78 is 0. The van der Waals surface area contributed by atoms with E-state index in [1.54, 1.807) is 6.20 Å². The lowest BCUT2D eigenvalue weighted by Crippen LogP contribution is -1.93. The van der Waals surface area contributed by atoms with Crippen molar-refractivity contribution >= 4 is 0 Å². The van der Waals surface area contributed by atoms with Crippen LogP contribution in [0.2, 0.25) is 0 Å². The zero-order valence-corrected chi connectivity index (χ0v) is 8.27. The molecule has 0 spiro atoms. The molecule has 0 aliphatic heterocycles. The standard InChI is InChI=1S/C13H11NO/c15-8-10-5-6-14-13-11-4-2-1-3-9(11)7-12(10)13/h1-6,15H,7-8H2. The van der Waals surface area contributed by atoms with E-state index in [-0.39, 0.29) is 6.61 Å². The number of hydrogen-bond donors (Lipinski definition) is 1. The molecule has 3 rings (SSSR count). The fraction of sp³-hybridized carbons (Fsp3) is 0.154. The number of hydrogen-bond acceptors (Lipinski definition) is 2. The van der Waals surface area contributed by atoms with Gasteiger partial charge in [-0.15, -0.1) is 0 Å². The van der Waals surface area contributed by atoms with E-state index in [2.05, 4.69) is 17.1 Å². The second kappa shape index (κ2) is 3.17. The van der Waals surface area contributed by atoms with Crippen LogP contribution in [-0.4, -0.2) is 10.1 Å². The molecule has 15 heavy (non-hydrogen) atoms. The molecule has 0 unspecified atom stereocenters. The van der Waals surface area contributed by atoms with Gasteiger partial charge in [-0.25, -0.2) is 0 Å². The summed E-state index contributed by atoms with van der Waals surface area (Å²) in [6, 6.07) is 10.2. The zero-order chi connectivity index (χ0) is 10.3. The smallest absolute Gasteiger partial charge is 0.0743 e.